The number of nitrogens with one attached hydrogen (secondary N) is 1. The zero-order valence-electron chi connectivity index (χ0n) is 10.4. The Kier molecular flexibility index (Phi) is 4.33. The van der Waals surface area contributed by atoms with Crippen LogP contribution in [0.15, 0.2) is 24.3 Å². The van der Waals surface area contributed by atoms with Gasteiger partial charge in [-0.3, -0.25) is 4.79 Å². The van der Waals surface area contributed by atoms with Gasteiger partial charge in [0.1, 0.15) is 0 Å². The predicted octanol–water partition coefficient (Wildman–Crippen LogP) is 1.18. The van der Waals surface area contributed by atoms with Crippen LogP contribution in [0.5, 0.6) is 0 Å². The van der Waals surface area contributed by atoms with Gasteiger partial charge >= 0.3 is 0 Å². The van der Waals surface area contributed by atoms with E-state index in [-0.39, 0.29) is 11.9 Å². The maximum Gasteiger partial charge on any atom is 0.251 e. The van der Waals surface area contributed by atoms with E-state index in [9.17, 15) is 9.90 Å². The van der Waals surface area contributed by atoms with Gasteiger partial charge in [-0.1, -0.05) is 25.0 Å². The van der Waals surface area contributed by atoms with Crippen molar-refractivity contribution in [1.82, 2.24) is 5.32 Å². The minimum absolute atomic E-state index is 0.118. The number of hydrogen-bond donors (Lipinski definition) is 3. The lowest BCUT2D eigenvalue weighted by Gasteiger charge is -2.28. The first-order valence-electron chi connectivity index (χ1n) is 6.48. The molecule has 18 heavy (non-hydrogen) atoms. The molecule has 1 aliphatic carbocycles. The van der Waals surface area contributed by atoms with Gasteiger partial charge < -0.3 is 16.2 Å². The number of rotatable bonds is 3. The highest BCUT2D eigenvalue weighted by atomic mass is 16.3. The second-order valence-corrected chi connectivity index (χ2v) is 4.84. The highest BCUT2D eigenvalue weighted by Gasteiger charge is 2.24. The van der Waals surface area contributed by atoms with E-state index in [4.69, 9.17) is 5.73 Å². The highest BCUT2D eigenvalue weighted by Crippen LogP contribution is 2.18. The topological polar surface area (TPSA) is 75.4 Å². The quantitative estimate of drug-likeness (QED) is 0.752. The first-order valence-corrected chi connectivity index (χ1v) is 6.48. The van der Waals surface area contributed by atoms with Gasteiger partial charge in [-0.2, -0.15) is 0 Å². The van der Waals surface area contributed by atoms with E-state index in [1.165, 1.54) is 0 Å². The lowest BCUT2D eigenvalue weighted by Crippen LogP contribution is -2.45. The summed E-state index contributed by atoms with van der Waals surface area (Å²) in [5.41, 5.74) is 7.10. The van der Waals surface area contributed by atoms with Crippen molar-refractivity contribution in [2.75, 3.05) is 0 Å². The minimum Gasteiger partial charge on any atom is -0.391 e. The molecule has 1 fully saturated rings. The molecule has 0 aromatic heterocycles. The molecule has 4 nitrogen and oxygen atoms in total. The van der Waals surface area contributed by atoms with E-state index in [0.717, 1.165) is 31.2 Å². The molecule has 0 aliphatic heterocycles. The van der Waals surface area contributed by atoms with Crippen LogP contribution < -0.4 is 11.1 Å². The maximum absolute atomic E-state index is 12.1. The Morgan fingerprint density at radius 3 is 2.89 bits per heavy atom. The van der Waals surface area contributed by atoms with Crippen LogP contribution in [0.3, 0.4) is 0 Å². The number of aliphatic hydroxyl groups is 1. The summed E-state index contributed by atoms with van der Waals surface area (Å²) in [4.78, 5) is 12.1. The molecule has 0 heterocycles. The molecule has 1 aliphatic rings. The molecule has 1 aromatic carbocycles. The summed E-state index contributed by atoms with van der Waals surface area (Å²) in [6, 6.07) is 7.17. The average molecular weight is 248 g/mol. The SMILES string of the molecule is NCc1cccc(C(=O)NC2CCCCC2O)c1. The molecule has 1 saturated carbocycles. The molecule has 4 N–H and O–H groups in total. The average Bonchev–Trinajstić information content (AvgIpc) is 2.41. The van der Waals surface area contributed by atoms with Gasteiger partial charge in [0.15, 0.2) is 0 Å². The Hall–Kier alpha value is -1.39. The van der Waals surface area contributed by atoms with E-state index in [1.54, 1.807) is 12.1 Å². The lowest BCUT2D eigenvalue weighted by atomic mass is 9.92. The Labute approximate surface area is 107 Å². The van der Waals surface area contributed by atoms with Crippen molar-refractivity contribution in [2.45, 2.75) is 44.4 Å². The molecule has 2 unspecified atom stereocenters. The number of hydrogen-bond acceptors (Lipinski definition) is 3. The highest BCUT2D eigenvalue weighted by molar-refractivity contribution is 5.94. The van der Waals surface area contributed by atoms with Crippen molar-refractivity contribution in [1.29, 1.82) is 0 Å². The second-order valence-electron chi connectivity index (χ2n) is 4.84. The molecule has 0 spiro atoms. The zero-order valence-corrected chi connectivity index (χ0v) is 10.4. The van der Waals surface area contributed by atoms with E-state index in [2.05, 4.69) is 5.32 Å². The molecule has 0 radical (unpaired) electrons. The van der Waals surface area contributed by atoms with Gasteiger partial charge in [-0.25, -0.2) is 0 Å². The maximum atomic E-state index is 12.1. The number of carbonyl (C=O) groups excluding carboxylic acids is 1. The van der Waals surface area contributed by atoms with Crippen molar-refractivity contribution in [3.05, 3.63) is 35.4 Å². The smallest absolute Gasteiger partial charge is 0.251 e. The van der Waals surface area contributed by atoms with Crippen LogP contribution in [0.25, 0.3) is 0 Å². The van der Waals surface area contributed by atoms with Crippen LogP contribution in [-0.4, -0.2) is 23.2 Å². The molecular weight excluding hydrogens is 228 g/mol. The Morgan fingerprint density at radius 2 is 2.17 bits per heavy atom. The number of amides is 1. The molecule has 0 saturated heterocycles. The first kappa shape index (κ1) is 13.1. The summed E-state index contributed by atoms with van der Waals surface area (Å²) >= 11 is 0. The number of benzene rings is 1. The number of nitrogens with two attached hydrogens (primary N) is 1. The van der Waals surface area contributed by atoms with Gasteiger partial charge in [-0.15, -0.1) is 0 Å². The molecule has 1 aromatic rings. The summed E-state index contributed by atoms with van der Waals surface area (Å²) in [6.45, 7) is 0.424. The molecular formula is C14H20N2O2. The van der Waals surface area contributed by atoms with Gasteiger partial charge in [0.05, 0.1) is 12.1 Å². The van der Waals surface area contributed by atoms with Crippen LogP contribution in [0.4, 0.5) is 0 Å². The normalized spacial score (nSPS) is 23.7. The Bertz CT molecular complexity index is 420. The summed E-state index contributed by atoms with van der Waals surface area (Å²) in [5, 5.41) is 12.7. The summed E-state index contributed by atoms with van der Waals surface area (Å²) in [7, 11) is 0. The lowest BCUT2D eigenvalue weighted by molar-refractivity contribution is 0.0717. The van der Waals surface area contributed by atoms with E-state index < -0.39 is 6.10 Å². The van der Waals surface area contributed by atoms with Crippen LogP contribution in [-0.2, 0) is 6.54 Å². The summed E-state index contributed by atoms with van der Waals surface area (Å²) < 4.78 is 0. The zero-order chi connectivity index (χ0) is 13.0. The fourth-order valence-corrected chi connectivity index (χ4v) is 2.37. The fourth-order valence-electron chi connectivity index (χ4n) is 2.37. The monoisotopic (exact) mass is 248 g/mol. The first-order chi connectivity index (χ1) is 8.70. The van der Waals surface area contributed by atoms with Crippen molar-refractivity contribution >= 4 is 5.91 Å². The van der Waals surface area contributed by atoms with E-state index in [0.29, 0.717) is 12.1 Å². The molecule has 0 bridgehead atoms. The van der Waals surface area contributed by atoms with Crippen LogP contribution in [0, 0.1) is 0 Å². The largest absolute Gasteiger partial charge is 0.391 e. The minimum atomic E-state index is -0.416. The number of carbonyl (C=O) groups is 1. The predicted molar refractivity (Wildman–Crippen MR) is 70.1 cm³/mol. The summed E-state index contributed by atoms with van der Waals surface area (Å²) in [5.74, 6) is -0.128. The van der Waals surface area contributed by atoms with Gasteiger partial charge in [0.25, 0.3) is 5.91 Å². The van der Waals surface area contributed by atoms with Gasteiger partial charge in [0, 0.05) is 12.1 Å². The molecule has 98 valence electrons. The van der Waals surface area contributed by atoms with Crippen molar-refractivity contribution in [3.8, 4) is 0 Å². The van der Waals surface area contributed by atoms with Crippen molar-refractivity contribution in [2.24, 2.45) is 5.73 Å². The van der Waals surface area contributed by atoms with Crippen LogP contribution >= 0.6 is 0 Å². The van der Waals surface area contributed by atoms with Crippen molar-refractivity contribution < 1.29 is 9.90 Å². The number of aliphatic hydroxyl groups excluding tert-OH is 1. The van der Waals surface area contributed by atoms with Crippen LogP contribution in [0.2, 0.25) is 0 Å². The molecule has 2 atom stereocenters. The van der Waals surface area contributed by atoms with Crippen LogP contribution in [0.1, 0.15) is 41.6 Å². The molecule has 2 rings (SSSR count). The molecule has 4 heteroatoms. The van der Waals surface area contributed by atoms with E-state index >= 15 is 0 Å². The van der Waals surface area contributed by atoms with Gasteiger partial charge in [-0.05, 0) is 30.5 Å². The third-order valence-corrected chi connectivity index (χ3v) is 3.47. The standard InChI is InChI=1S/C14H20N2O2/c15-9-10-4-3-5-11(8-10)14(18)16-12-6-1-2-7-13(12)17/h3-5,8,12-13,17H,1-2,6-7,9,15H2,(H,16,18). The Balaban J connectivity index is 2.02. The second kappa shape index (κ2) is 5.98. The van der Waals surface area contributed by atoms with E-state index in [1.807, 2.05) is 12.1 Å². The third kappa shape index (κ3) is 3.09. The fraction of sp³-hybridized carbons (Fsp3) is 0.500. The third-order valence-electron chi connectivity index (χ3n) is 3.47. The molecule has 1 amide bonds. The van der Waals surface area contributed by atoms with Gasteiger partial charge in [0.2, 0.25) is 0 Å². The summed E-state index contributed by atoms with van der Waals surface area (Å²) in [6.07, 6.45) is 3.30. The Morgan fingerprint density at radius 1 is 1.39 bits per heavy atom. The van der Waals surface area contributed by atoms with Crippen molar-refractivity contribution in [3.63, 3.8) is 0 Å².